The van der Waals surface area contributed by atoms with Gasteiger partial charge in [0.2, 0.25) is 0 Å². The Bertz CT molecular complexity index is 434. The van der Waals surface area contributed by atoms with Gasteiger partial charge in [0, 0.05) is 25.2 Å². The van der Waals surface area contributed by atoms with Crippen molar-refractivity contribution in [1.82, 2.24) is 4.90 Å². The van der Waals surface area contributed by atoms with Crippen molar-refractivity contribution in [3.8, 4) is 0 Å². The summed E-state index contributed by atoms with van der Waals surface area (Å²) in [6.07, 6.45) is 5.97. The lowest BCUT2D eigenvalue weighted by Crippen LogP contribution is -2.47. The summed E-state index contributed by atoms with van der Waals surface area (Å²) in [5.74, 6) is 0.334. The highest BCUT2D eigenvalue weighted by Crippen LogP contribution is 2.27. The van der Waals surface area contributed by atoms with Crippen molar-refractivity contribution in [2.75, 3.05) is 7.05 Å². The van der Waals surface area contributed by atoms with Gasteiger partial charge in [-0.3, -0.25) is 4.79 Å². The van der Waals surface area contributed by atoms with E-state index in [2.05, 4.69) is 6.92 Å². The minimum absolute atomic E-state index is 0.177. The Kier molecular flexibility index (Phi) is 3.84. The molecule has 2 rings (SSSR count). The van der Waals surface area contributed by atoms with Gasteiger partial charge >= 0.3 is 5.91 Å². The van der Waals surface area contributed by atoms with Crippen molar-refractivity contribution in [2.24, 2.45) is 5.92 Å². The molecular formula is C14H20N2O2. The molecule has 2 atom stereocenters. The average molecular weight is 248 g/mol. The van der Waals surface area contributed by atoms with Crippen molar-refractivity contribution in [1.29, 1.82) is 0 Å². The van der Waals surface area contributed by atoms with Crippen LogP contribution in [-0.4, -0.2) is 23.9 Å². The molecule has 0 bridgehead atoms. The first-order valence-electron chi connectivity index (χ1n) is 6.56. The molecule has 0 spiro atoms. The fraction of sp³-hybridized carbons (Fsp3) is 0.571. The third-order valence-corrected chi connectivity index (χ3v) is 3.93. The Morgan fingerprint density at radius 2 is 2.11 bits per heavy atom. The van der Waals surface area contributed by atoms with Crippen LogP contribution in [0.2, 0.25) is 0 Å². The number of amides is 1. The zero-order valence-electron chi connectivity index (χ0n) is 11.0. The third-order valence-electron chi connectivity index (χ3n) is 3.93. The number of hydrogen-bond donors (Lipinski definition) is 0. The first-order valence-corrected chi connectivity index (χ1v) is 6.56. The standard InChI is InChI=1S/C14H20N2O2/c1-11-7-3-4-8-12(11)15(2)14(17)13-9-5-6-10-16(13)18/h5-6,9-12H,3-4,7-8H2,1-2H3. The van der Waals surface area contributed by atoms with Crippen LogP contribution in [0.5, 0.6) is 0 Å². The lowest BCUT2D eigenvalue weighted by atomic mass is 9.85. The lowest BCUT2D eigenvalue weighted by Gasteiger charge is -2.35. The SMILES string of the molecule is CC1CCCCC1N(C)C(=O)c1cccc[n+]1[O-]. The van der Waals surface area contributed by atoms with Crippen LogP contribution in [0.15, 0.2) is 24.4 Å². The second-order valence-electron chi connectivity index (χ2n) is 5.16. The summed E-state index contributed by atoms with van der Waals surface area (Å²) in [5, 5.41) is 11.6. The van der Waals surface area contributed by atoms with Gasteiger partial charge in [0.25, 0.3) is 5.69 Å². The smallest absolute Gasteiger partial charge is 0.319 e. The summed E-state index contributed by atoms with van der Waals surface area (Å²) >= 11 is 0. The summed E-state index contributed by atoms with van der Waals surface area (Å²) in [6.45, 7) is 2.18. The van der Waals surface area contributed by atoms with E-state index in [-0.39, 0.29) is 17.6 Å². The molecule has 1 heterocycles. The zero-order chi connectivity index (χ0) is 13.1. The maximum absolute atomic E-state index is 12.3. The molecule has 1 aromatic rings. The Labute approximate surface area is 108 Å². The van der Waals surface area contributed by atoms with Gasteiger partial charge in [0.05, 0.1) is 0 Å². The van der Waals surface area contributed by atoms with E-state index in [1.54, 1.807) is 23.1 Å². The molecule has 1 aliphatic rings. The number of pyridine rings is 1. The Morgan fingerprint density at radius 3 is 2.78 bits per heavy atom. The van der Waals surface area contributed by atoms with E-state index in [1.165, 1.54) is 19.0 Å². The van der Waals surface area contributed by atoms with E-state index in [0.717, 1.165) is 12.8 Å². The molecule has 0 radical (unpaired) electrons. The van der Waals surface area contributed by atoms with Crippen LogP contribution in [0, 0.1) is 11.1 Å². The van der Waals surface area contributed by atoms with Gasteiger partial charge in [-0.05, 0) is 24.8 Å². The highest BCUT2D eigenvalue weighted by molar-refractivity contribution is 5.91. The summed E-state index contributed by atoms with van der Waals surface area (Å²) in [5.41, 5.74) is 0.206. The van der Waals surface area contributed by atoms with Gasteiger partial charge in [0.1, 0.15) is 0 Å². The lowest BCUT2D eigenvalue weighted by molar-refractivity contribution is -0.608. The van der Waals surface area contributed by atoms with Crippen LogP contribution in [0.4, 0.5) is 0 Å². The normalized spacial score (nSPS) is 23.7. The molecule has 1 aromatic heterocycles. The Hall–Kier alpha value is -1.58. The summed E-state index contributed by atoms with van der Waals surface area (Å²) in [4.78, 5) is 14.1. The molecule has 0 aromatic carbocycles. The fourth-order valence-corrected chi connectivity index (χ4v) is 2.80. The monoisotopic (exact) mass is 248 g/mol. The summed E-state index contributed by atoms with van der Waals surface area (Å²) in [7, 11) is 1.81. The first-order chi connectivity index (χ1) is 8.61. The summed E-state index contributed by atoms with van der Waals surface area (Å²) < 4.78 is 0.645. The van der Waals surface area contributed by atoms with Gasteiger partial charge in [-0.15, -0.1) is 0 Å². The van der Waals surface area contributed by atoms with Crippen LogP contribution < -0.4 is 4.73 Å². The van der Waals surface area contributed by atoms with Gasteiger partial charge in [-0.25, -0.2) is 0 Å². The van der Waals surface area contributed by atoms with Crippen molar-refractivity contribution in [3.63, 3.8) is 0 Å². The molecule has 1 amide bonds. The molecule has 0 N–H and O–H groups in total. The van der Waals surface area contributed by atoms with Gasteiger partial charge in [-0.2, -0.15) is 4.73 Å². The first kappa shape index (κ1) is 12.9. The molecule has 1 aliphatic carbocycles. The van der Waals surface area contributed by atoms with E-state index in [0.29, 0.717) is 10.6 Å². The van der Waals surface area contributed by atoms with E-state index in [9.17, 15) is 10.0 Å². The minimum atomic E-state index is -0.177. The molecule has 4 nitrogen and oxygen atoms in total. The highest BCUT2D eigenvalue weighted by atomic mass is 16.5. The molecule has 0 aliphatic heterocycles. The molecule has 98 valence electrons. The number of carbonyl (C=O) groups is 1. The minimum Gasteiger partial charge on any atom is -0.618 e. The maximum atomic E-state index is 12.3. The second-order valence-corrected chi connectivity index (χ2v) is 5.16. The van der Waals surface area contributed by atoms with Crippen molar-refractivity contribution < 1.29 is 9.52 Å². The fourth-order valence-electron chi connectivity index (χ4n) is 2.80. The molecule has 18 heavy (non-hydrogen) atoms. The number of hydrogen-bond acceptors (Lipinski definition) is 2. The van der Waals surface area contributed by atoms with Crippen molar-refractivity contribution in [3.05, 3.63) is 35.3 Å². The number of nitrogens with zero attached hydrogens (tertiary/aromatic N) is 2. The number of carbonyl (C=O) groups excluding carboxylic acids is 1. The third kappa shape index (κ3) is 2.47. The van der Waals surface area contributed by atoms with E-state index < -0.39 is 0 Å². The zero-order valence-corrected chi connectivity index (χ0v) is 11.0. The number of rotatable bonds is 2. The predicted molar refractivity (Wildman–Crippen MR) is 68.9 cm³/mol. The van der Waals surface area contributed by atoms with Gasteiger partial charge in [-0.1, -0.05) is 19.8 Å². The summed E-state index contributed by atoms with van der Waals surface area (Å²) in [6, 6.07) is 5.19. The van der Waals surface area contributed by atoms with Crippen LogP contribution >= 0.6 is 0 Å². The quantitative estimate of drug-likeness (QED) is 0.593. The molecule has 4 heteroatoms. The largest absolute Gasteiger partial charge is 0.618 e. The van der Waals surface area contributed by atoms with Crippen LogP contribution in [0.1, 0.15) is 43.1 Å². The van der Waals surface area contributed by atoms with Crippen LogP contribution in [0.25, 0.3) is 0 Å². The van der Waals surface area contributed by atoms with Crippen molar-refractivity contribution in [2.45, 2.75) is 38.6 Å². The van der Waals surface area contributed by atoms with Crippen LogP contribution in [-0.2, 0) is 0 Å². The van der Waals surface area contributed by atoms with E-state index in [4.69, 9.17) is 0 Å². The van der Waals surface area contributed by atoms with Gasteiger partial charge in [0.15, 0.2) is 6.20 Å². The van der Waals surface area contributed by atoms with Gasteiger partial charge < -0.3 is 10.1 Å². The molecule has 1 saturated carbocycles. The predicted octanol–water partition coefficient (Wildman–Crippen LogP) is 1.97. The van der Waals surface area contributed by atoms with E-state index in [1.807, 2.05) is 7.05 Å². The highest BCUT2D eigenvalue weighted by Gasteiger charge is 2.31. The molecule has 2 unspecified atom stereocenters. The van der Waals surface area contributed by atoms with E-state index >= 15 is 0 Å². The molecular weight excluding hydrogens is 228 g/mol. The van der Waals surface area contributed by atoms with Crippen molar-refractivity contribution >= 4 is 5.91 Å². The molecule has 0 saturated heterocycles. The Morgan fingerprint density at radius 1 is 1.39 bits per heavy atom. The Balaban J connectivity index is 2.16. The van der Waals surface area contributed by atoms with Crippen LogP contribution in [0.3, 0.4) is 0 Å². The second kappa shape index (κ2) is 5.38. The topological polar surface area (TPSA) is 47.2 Å². The molecule has 1 fully saturated rings. The average Bonchev–Trinajstić information content (AvgIpc) is 2.38. The number of aromatic nitrogens is 1. The maximum Gasteiger partial charge on any atom is 0.319 e.